The zero-order chi connectivity index (χ0) is 14.4. The number of hydrogen-bond donors (Lipinski definition) is 0. The SMILES string of the molecule is Cc1nn(C)c2c(N3CCCCCC3)nc(C3CC3)nc12. The Morgan fingerprint density at radius 1 is 1.00 bits per heavy atom. The third-order valence-electron chi connectivity index (χ3n) is 4.70. The zero-order valence-electron chi connectivity index (χ0n) is 13.0. The van der Waals surface area contributed by atoms with Crippen molar-refractivity contribution in [3.05, 3.63) is 11.5 Å². The maximum Gasteiger partial charge on any atom is 0.158 e. The van der Waals surface area contributed by atoms with E-state index in [4.69, 9.17) is 9.97 Å². The minimum Gasteiger partial charge on any atom is -0.355 e. The molecule has 1 saturated carbocycles. The van der Waals surface area contributed by atoms with Gasteiger partial charge in [0, 0.05) is 26.1 Å². The van der Waals surface area contributed by atoms with Crippen LogP contribution in [0.25, 0.3) is 11.0 Å². The third kappa shape index (κ3) is 2.28. The number of anilines is 1. The van der Waals surface area contributed by atoms with Crippen molar-refractivity contribution in [2.24, 2.45) is 7.05 Å². The standard InChI is InChI=1S/C16H23N5/c1-11-13-14(20(2)19-11)16(18-15(17-13)12-7-8-12)21-9-5-3-4-6-10-21/h12H,3-10H2,1-2H3. The van der Waals surface area contributed by atoms with Gasteiger partial charge in [-0.05, 0) is 32.6 Å². The number of hydrogen-bond acceptors (Lipinski definition) is 4. The van der Waals surface area contributed by atoms with Crippen LogP contribution in [0.15, 0.2) is 0 Å². The second-order valence-corrected chi connectivity index (χ2v) is 6.49. The van der Waals surface area contributed by atoms with Crippen LogP contribution >= 0.6 is 0 Å². The highest BCUT2D eigenvalue weighted by atomic mass is 15.3. The van der Waals surface area contributed by atoms with Crippen molar-refractivity contribution in [1.82, 2.24) is 19.7 Å². The summed E-state index contributed by atoms with van der Waals surface area (Å²) in [5.41, 5.74) is 3.18. The summed E-state index contributed by atoms with van der Waals surface area (Å²) in [5, 5.41) is 4.58. The second kappa shape index (κ2) is 4.97. The van der Waals surface area contributed by atoms with Crippen LogP contribution in [0.4, 0.5) is 5.82 Å². The van der Waals surface area contributed by atoms with E-state index < -0.39 is 0 Å². The molecule has 0 bridgehead atoms. The van der Waals surface area contributed by atoms with Gasteiger partial charge >= 0.3 is 0 Å². The molecule has 0 amide bonds. The topological polar surface area (TPSA) is 46.8 Å². The zero-order valence-corrected chi connectivity index (χ0v) is 13.0. The Balaban J connectivity index is 1.87. The first kappa shape index (κ1) is 13.0. The van der Waals surface area contributed by atoms with Crippen molar-refractivity contribution in [2.75, 3.05) is 18.0 Å². The highest BCUT2D eigenvalue weighted by molar-refractivity contribution is 5.88. The van der Waals surface area contributed by atoms with E-state index in [0.717, 1.165) is 41.5 Å². The molecule has 5 heteroatoms. The molecule has 5 nitrogen and oxygen atoms in total. The van der Waals surface area contributed by atoms with E-state index in [0.29, 0.717) is 5.92 Å². The lowest BCUT2D eigenvalue weighted by Gasteiger charge is -2.22. The fourth-order valence-corrected chi connectivity index (χ4v) is 3.36. The van der Waals surface area contributed by atoms with Crippen LogP contribution in [-0.2, 0) is 7.05 Å². The molecule has 2 aromatic rings. The highest BCUT2D eigenvalue weighted by Crippen LogP contribution is 2.40. The molecule has 0 atom stereocenters. The van der Waals surface area contributed by atoms with Crippen molar-refractivity contribution in [2.45, 2.75) is 51.4 Å². The van der Waals surface area contributed by atoms with Crippen LogP contribution < -0.4 is 4.90 Å². The number of nitrogens with zero attached hydrogens (tertiary/aromatic N) is 5. The molecule has 21 heavy (non-hydrogen) atoms. The maximum absolute atomic E-state index is 4.96. The van der Waals surface area contributed by atoms with Crippen molar-refractivity contribution in [3.8, 4) is 0 Å². The fourth-order valence-electron chi connectivity index (χ4n) is 3.36. The van der Waals surface area contributed by atoms with E-state index >= 15 is 0 Å². The Kier molecular flexibility index (Phi) is 3.08. The maximum atomic E-state index is 4.96. The molecule has 4 rings (SSSR count). The molecule has 3 heterocycles. The van der Waals surface area contributed by atoms with Gasteiger partial charge in [-0.2, -0.15) is 5.10 Å². The van der Waals surface area contributed by atoms with Gasteiger partial charge in [0.25, 0.3) is 0 Å². The average molecular weight is 285 g/mol. The average Bonchev–Trinajstić information content (AvgIpc) is 3.29. The summed E-state index contributed by atoms with van der Waals surface area (Å²) < 4.78 is 1.96. The first-order chi connectivity index (χ1) is 10.2. The molecular weight excluding hydrogens is 262 g/mol. The van der Waals surface area contributed by atoms with Crippen molar-refractivity contribution in [3.63, 3.8) is 0 Å². The van der Waals surface area contributed by atoms with Gasteiger partial charge in [0.05, 0.1) is 5.69 Å². The molecule has 2 fully saturated rings. The molecule has 1 saturated heterocycles. The Morgan fingerprint density at radius 3 is 2.38 bits per heavy atom. The first-order valence-corrected chi connectivity index (χ1v) is 8.20. The Labute approximate surface area is 125 Å². The van der Waals surface area contributed by atoms with E-state index in [1.54, 1.807) is 0 Å². The Hall–Kier alpha value is -1.65. The van der Waals surface area contributed by atoms with E-state index in [1.165, 1.54) is 38.5 Å². The lowest BCUT2D eigenvalue weighted by molar-refractivity contribution is 0.726. The third-order valence-corrected chi connectivity index (χ3v) is 4.70. The second-order valence-electron chi connectivity index (χ2n) is 6.49. The molecule has 2 aromatic heterocycles. The molecule has 1 aliphatic carbocycles. The largest absolute Gasteiger partial charge is 0.355 e. The van der Waals surface area contributed by atoms with Gasteiger partial charge in [-0.25, -0.2) is 9.97 Å². The Morgan fingerprint density at radius 2 is 1.71 bits per heavy atom. The smallest absolute Gasteiger partial charge is 0.158 e. The molecule has 2 aliphatic rings. The summed E-state index contributed by atoms with van der Waals surface area (Å²) in [4.78, 5) is 12.2. The van der Waals surface area contributed by atoms with Crippen LogP contribution in [0.3, 0.4) is 0 Å². The minimum atomic E-state index is 0.583. The fraction of sp³-hybridized carbons (Fsp3) is 0.688. The van der Waals surface area contributed by atoms with Gasteiger partial charge < -0.3 is 4.90 Å². The van der Waals surface area contributed by atoms with Gasteiger partial charge in [-0.1, -0.05) is 12.8 Å². The van der Waals surface area contributed by atoms with E-state index in [9.17, 15) is 0 Å². The quantitative estimate of drug-likeness (QED) is 0.851. The van der Waals surface area contributed by atoms with Crippen LogP contribution in [0.2, 0.25) is 0 Å². The number of aromatic nitrogens is 4. The summed E-state index contributed by atoms with van der Waals surface area (Å²) in [5.74, 6) is 2.74. The lowest BCUT2D eigenvalue weighted by atomic mass is 10.2. The molecule has 1 aliphatic heterocycles. The van der Waals surface area contributed by atoms with Gasteiger partial charge in [-0.3, -0.25) is 4.68 Å². The summed E-state index contributed by atoms with van der Waals surface area (Å²) in [6, 6.07) is 0. The molecule has 0 N–H and O–H groups in total. The van der Waals surface area contributed by atoms with Gasteiger partial charge in [0.1, 0.15) is 16.9 Å². The van der Waals surface area contributed by atoms with E-state index in [1.807, 2.05) is 11.7 Å². The summed E-state index contributed by atoms with van der Waals surface area (Å²) in [6.07, 6.45) is 7.69. The number of rotatable bonds is 2. The number of aryl methyl sites for hydroxylation is 2. The van der Waals surface area contributed by atoms with Crippen molar-refractivity contribution in [1.29, 1.82) is 0 Å². The predicted octanol–water partition coefficient (Wildman–Crippen LogP) is 2.93. The normalized spacial score (nSPS) is 20.0. The van der Waals surface area contributed by atoms with Crippen LogP contribution in [0.5, 0.6) is 0 Å². The molecule has 0 aromatic carbocycles. The van der Waals surface area contributed by atoms with Crippen molar-refractivity contribution < 1.29 is 0 Å². The van der Waals surface area contributed by atoms with Crippen LogP contribution in [0, 0.1) is 6.92 Å². The minimum absolute atomic E-state index is 0.583. The summed E-state index contributed by atoms with van der Waals surface area (Å²) in [7, 11) is 2.01. The summed E-state index contributed by atoms with van der Waals surface area (Å²) in [6.45, 7) is 4.28. The number of fused-ring (bicyclic) bond motifs is 1. The molecule has 0 spiro atoms. The van der Waals surface area contributed by atoms with E-state index in [-0.39, 0.29) is 0 Å². The molecule has 0 radical (unpaired) electrons. The highest BCUT2D eigenvalue weighted by Gasteiger charge is 2.29. The molecule has 112 valence electrons. The van der Waals surface area contributed by atoms with E-state index in [2.05, 4.69) is 16.9 Å². The van der Waals surface area contributed by atoms with Gasteiger partial charge in [-0.15, -0.1) is 0 Å². The Bertz CT molecular complexity index is 663. The first-order valence-electron chi connectivity index (χ1n) is 8.20. The van der Waals surface area contributed by atoms with Gasteiger partial charge in [0.2, 0.25) is 0 Å². The molecular formula is C16H23N5. The lowest BCUT2D eigenvalue weighted by Crippen LogP contribution is -2.26. The predicted molar refractivity (Wildman–Crippen MR) is 83.7 cm³/mol. The summed E-state index contributed by atoms with van der Waals surface area (Å²) >= 11 is 0. The molecule has 0 unspecified atom stereocenters. The monoisotopic (exact) mass is 285 g/mol. The van der Waals surface area contributed by atoms with Crippen LogP contribution in [-0.4, -0.2) is 32.8 Å². The van der Waals surface area contributed by atoms with Crippen LogP contribution in [0.1, 0.15) is 56.0 Å². The van der Waals surface area contributed by atoms with Crippen molar-refractivity contribution >= 4 is 16.9 Å². The van der Waals surface area contributed by atoms with Gasteiger partial charge in [0.15, 0.2) is 5.82 Å².